The van der Waals surface area contributed by atoms with E-state index in [-0.39, 0.29) is 10.8 Å². The van der Waals surface area contributed by atoms with Gasteiger partial charge in [0.25, 0.3) is 0 Å². The average molecular weight is 262 g/mol. The average Bonchev–Trinajstić information content (AvgIpc) is 2.49. The van der Waals surface area contributed by atoms with Crippen LogP contribution >= 0.6 is 11.3 Å². The van der Waals surface area contributed by atoms with E-state index in [1.165, 1.54) is 15.1 Å². The molecule has 0 atom stereocenters. The van der Waals surface area contributed by atoms with Gasteiger partial charge in [0.15, 0.2) is 0 Å². The monoisotopic (exact) mass is 262 g/mol. The van der Waals surface area contributed by atoms with E-state index >= 15 is 0 Å². The highest BCUT2D eigenvalue weighted by atomic mass is 32.1. The van der Waals surface area contributed by atoms with Gasteiger partial charge in [-0.25, -0.2) is 9.97 Å². The number of nitrogens with zero attached hydrogens (tertiary/aromatic N) is 2. The van der Waals surface area contributed by atoms with Crippen LogP contribution in [0.3, 0.4) is 0 Å². The summed E-state index contributed by atoms with van der Waals surface area (Å²) in [5.41, 5.74) is 2.64. The first-order valence-corrected chi connectivity index (χ1v) is 7.19. The Balaban J connectivity index is 2.76. The summed E-state index contributed by atoms with van der Waals surface area (Å²) < 4.78 is 1.20. The Kier molecular flexibility index (Phi) is 3.01. The van der Waals surface area contributed by atoms with E-state index in [1.807, 2.05) is 6.20 Å². The van der Waals surface area contributed by atoms with Gasteiger partial charge in [-0.3, -0.25) is 0 Å². The van der Waals surface area contributed by atoms with Gasteiger partial charge in [0.1, 0.15) is 5.82 Å². The van der Waals surface area contributed by atoms with Gasteiger partial charge < -0.3 is 0 Å². The Morgan fingerprint density at radius 2 is 1.61 bits per heavy atom. The van der Waals surface area contributed by atoms with E-state index in [1.54, 1.807) is 11.3 Å². The van der Waals surface area contributed by atoms with Crippen LogP contribution in [0, 0.1) is 6.92 Å². The number of aryl methyl sites for hydroxylation is 1. The number of fused-ring (bicyclic) bond motifs is 1. The zero-order valence-corrected chi connectivity index (χ0v) is 13.2. The van der Waals surface area contributed by atoms with Crippen molar-refractivity contribution >= 4 is 21.6 Å². The first-order valence-electron chi connectivity index (χ1n) is 6.38. The van der Waals surface area contributed by atoms with Crippen LogP contribution in [0.5, 0.6) is 0 Å². The number of rotatable bonds is 0. The van der Waals surface area contributed by atoms with Crippen LogP contribution in [0.15, 0.2) is 6.20 Å². The number of aromatic nitrogens is 2. The largest absolute Gasteiger partial charge is 0.239 e. The summed E-state index contributed by atoms with van der Waals surface area (Å²) in [5, 5.41) is 0. The molecule has 0 bridgehead atoms. The molecule has 0 aliphatic rings. The quantitative estimate of drug-likeness (QED) is 0.693. The van der Waals surface area contributed by atoms with Crippen molar-refractivity contribution in [2.75, 3.05) is 0 Å². The Hall–Kier alpha value is -0.960. The Labute approximate surface area is 113 Å². The summed E-state index contributed by atoms with van der Waals surface area (Å²) in [6.07, 6.45) is 1.98. The van der Waals surface area contributed by atoms with Crippen LogP contribution in [0.4, 0.5) is 0 Å². The fourth-order valence-electron chi connectivity index (χ4n) is 2.25. The van der Waals surface area contributed by atoms with Gasteiger partial charge in [-0.05, 0) is 17.9 Å². The van der Waals surface area contributed by atoms with Gasteiger partial charge in [0, 0.05) is 16.5 Å². The molecule has 0 saturated carbocycles. The zero-order chi connectivity index (χ0) is 13.7. The third-order valence-electron chi connectivity index (χ3n) is 3.03. The second-order valence-electron chi connectivity index (χ2n) is 6.94. The van der Waals surface area contributed by atoms with Gasteiger partial charge in [0.2, 0.25) is 0 Å². The second-order valence-corrected chi connectivity index (χ2v) is 8.20. The first kappa shape index (κ1) is 13.5. The van der Waals surface area contributed by atoms with Crippen molar-refractivity contribution in [1.82, 2.24) is 9.97 Å². The van der Waals surface area contributed by atoms with Gasteiger partial charge in [-0.1, -0.05) is 41.5 Å². The second kappa shape index (κ2) is 4.02. The summed E-state index contributed by atoms with van der Waals surface area (Å²) in [6, 6.07) is 0. The lowest BCUT2D eigenvalue weighted by Gasteiger charge is -2.20. The minimum Gasteiger partial charge on any atom is -0.239 e. The molecule has 0 aromatic carbocycles. The fraction of sp³-hybridized carbons (Fsp3) is 0.600. The van der Waals surface area contributed by atoms with Crippen LogP contribution < -0.4 is 0 Å². The minimum absolute atomic E-state index is 0.000808. The molecular formula is C15H22N2S. The van der Waals surface area contributed by atoms with E-state index in [0.29, 0.717) is 0 Å². The van der Waals surface area contributed by atoms with E-state index < -0.39 is 0 Å². The maximum Gasteiger partial charge on any atom is 0.134 e. The maximum atomic E-state index is 4.83. The Morgan fingerprint density at radius 1 is 1.00 bits per heavy atom. The van der Waals surface area contributed by atoms with Crippen LogP contribution in [0.1, 0.15) is 57.8 Å². The van der Waals surface area contributed by atoms with E-state index in [0.717, 1.165) is 11.3 Å². The summed E-state index contributed by atoms with van der Waals surface area (Å²) >= 11 is 1.80. The fourth-order valence-corrected chi connectivity index (χ4v) is 3.44. The smallest absolute Gasteiger partial charge is 0.134 e. The normalized spacial score (nSPS) is 13.3. The molecule has 2 heterocycles. The molecule has 0 saturated heterocycles. The predicted octanol–water partition coefficient (Wildman–Crippen LogP) is 4.59. The van der Waals surface area contributed by atoms with Crippen molar-refractivity contribution in [3.8, 4) is 0 Å². The van der Waals surface area contributed by atoms with E-state index in [2.05, 4.69) is 53.5 Å². The lowest BCUT2D eigenvalue weighted by atomic mass is 9.86. The highest BCUT2D eigenvalue weighted by molar-refractivity contribution is 7.19. The third kappa shape index (κ3) is 2.28. The number of thiophene rings is 1. The minimum atomic E-state index is -0.000808. The molecule has 2 nitrogen and oxygen atoms in total. The van der Waals surface area contributed by atoms with Gasteiger partial charge in [-0.2, -0.15) is 0 Å². The summed E-state index contributed by atoms with van der Waals surface area (Å²) in [5.74, 6) is 0.929. The molecule has 3 heteroatoms. The van der Waals surface area contributed by atoms with E-state index in [4.69, 9.17) is 4.98 Å². The molecule has 0 radical (unpaired) electrons. The van der Waals surface area contributed by atoms with Crippen LogP contribution in [-0.4, -0.2) is 9.97 Å². The molecule has 0 aliphatic heterocycles. The highest BCUT2D eigenvalue weighted by Gasteiger charge is 2.25. The molecule has 0 fully saturated rings. The first-order chi connectivity index (χ1) is 8.10. The third-order valence-corrected chi connectivity index (χ3v) is 4.06. The van der Waals surface area contributed by atoms with Crippen LogP contribution in [0.25, 0.3) is 10.2 Å². The molecule has 0 N–H and O–H groups in total. The molecule has 18 heavy (non-hydrogen) atoms. The molecular weight excluding hydrogens is 240 g/mol. The molecule has 0 aliphatic carbocycles. The van der Waals surface area contributed by atoms with Crippen LogP contribution in [0.2, 0.25) is 0 Å². The van der Waals surface area contributed by atoms with Crippen LogP contribution in [-0.2, 0) is 10.8 Å². The van der Waals surface area contributed by atoms with Crippen molar-refractivity contribution in [3.63, 3.8) is 0 Å². The van der Waals surface area contributed by atoms with Crippen molar-refractivity contribution in [2.24, 2.45) is 0 Å². The van der Waals surface area contributed by atoms with Crippen molar-refractivity contribution in [2.45, 2.75) is 59.3 Å². The molecule has 0 amide bonds. The van der Waals surface area contributed by atoms with Gasteiger partial charge in [-0.15, -0.1) is 11.3 Å². The summed E-state index contributed by atoms with van der Waals surface area (Å²) in [4.78, 5) is 10.7. The van der Waals surface area contributed by atoms with Gasteiger partial charge in [0.05, 0.1) is 10.2 Å². The highest BCUT2D eigenvalue weighted by Crippen LogP contribution is 2.37. The number of hydrogen-bond acceptors (Lipinski definition) is 3. The van der Waals surface area contributed by atoms with Gasteiger partial charge >= 0.3 is 0 Å². The standard InChI is InChI=1S/C15H22N2S/c1-9-11(14(2,3)4)12-10(18-9)8-16-13(17-12)15(5,6)7/h8H,1-7H3. The number of hydrogen-bond donors (Lipinski definition) is 0. The SMILES string of the molecule is Cc1sc2cnc(C(C)(C)C)nc2c1C(C)(C)C. The molecule has 2 aromatic heterocycles. The molecule has 2 aromatic rings. The molecule has 0 spiro atoms. The van der Waals surface area contributed by atoms with Crippen molar-refractivity contribution in [1.29, 1.82) is 0 Å². The zero-order valence-electron chi connectivity index (χ0n) is 12.4. The lowest BCUT2D eigenvalue weighted by Crippen LogP contribution is -2.17. The topological polar surface area (TPSA) is 25.8 Å². The predicted molar refractivity (Wildman–Crippen MR) is 79.6 cm³/mol. The summed E-state index contributed by atoms with van der Waals surface area (Å²) in [7, 11) is 0. The Bertz CT molecular complexity index is 583. The summed E-state index contributed by atoms with van der Waals surface area (Å²) in [6.45, 7) is 15.4. The Morgan fingerprint density at radius 3 is 2.11 bits per heavy atom. The van der Waals surface area contributed by atoms with E-state index in [9.17, 15) is 0 Å². The molecule has 98 valence electrons. The van der Waals surface area contributed by atoms with Crippen molar-refractivity contribution in [3.05, 3.63) is 22.5 Å². The lowest BCUT2D eigenvalue weighted by molar-refractivity contribution is 0.546. The molecule has 2 rings (SSSR count). The maximum absolute atomic E-state index is 4.83. The van der Waals surface area contributed by atoms with Crippen molar-refractivity contribution < 1.29 is 0 Å². The molecule has 0 unspecified atom stereocenters.